The molecule has 1 saturated heterocycles. The van der Waals surface area contributed by atoms with E-state index in [1.54, 1.807) is 24.0 Å². The Balaban J connectivity index is 0.00000338. The SMILES string of the molecule is COc1ccc(S(=O)(=O)CC(C)C(=O)N2CCC(C(C)N)CC2)cc1.Cl. The van der Waals surface area contributed by atoms with Crippen molar-refractivity contribution < 1.29 is 17.9 Å². The van der Waals surface area contributed by atoms with Crippen LogP contribution in [-0.2, 0) is 14.6 Å². The van der Waals surface area contributed by atoms with Crippen molar-refractivity contribution in [2.45, 2.75) is 37.6 Å². The molecule has 2 rings (SSSR count). The van der Waals surface area contributed by atoms with Gasteiger partial charge in [0.05, 0.1) is 17.8 Å². The smallest absolute Gasteiger partial charge is 0.226 e. The molecule has 1 aliphatic heterocycles. The molecule has 2 N–H and O–H groups in total. The molecule has 26 heavy (non-hydrogen) atoms. The second-order valence-electron chi connectivity index (χ2n) is 6.88. The van der Waals surface area contributed by atoms with Gasteiger partial charge in [-0.2, -0.15) is 0 Å². The van der Waals surface area contributed by atoms with Crippen LogP contribution in [0.15, 0.2) is 29.2 Å². The van der Waals surface area contributed by atoms with Crippen molar-refractivity contribution in [2.24, 2.45) is 17.6 Å². The van der Waals surface area contributed by atoms with E-state index in [-0.39, 0.29) is 35.0 Å². The van der Waals surface area contributed by atoms with Crippen molar-refractivity contribution in [2.75, 3.05) is 26.0 Å². The quantitative estimate of drug-likeness (QED) is 0.784. The van der Waals surface area contributed by atoms with Crippen LogP contribution in [0, 0.1) is 11.8 Å². The number of ether oxygens (including phenoxy) is 1. The van der Waals surface area contributed by atoms with Gasteiger partial charge in [-0.25, -0.2) is 8.42 Å². The zero-order valence-corrected chi connectivity index (χ0v) is 17.2. The van der Waals surface area contributed by atoms with E-state index >= 15 is 0 Å². The minimum Gasteiger partial charge on any atom is -0.497 e. The number of methoxy groups -OCH3 is 1. The van der Waals surface area contributed by atoms with Crippen LogP contribution >= 0.6 is 12.4 Å². The fraction of sp³-hybridized carbons (Fsp3) is 0.611. The average Bonchev–Trinajstić information content (AvgIpc) is 2.60. The minimum absolute atomic E-state index is 0. The molecule has 8 heteroatoms. The number of carbonyl (C=O) groups is 1. The Morgan fingerprint density at radius 1 is 1.23 bits per heavy atom. The highest BCUT2D eigenvalue weighted by atomic mass is 35.5. The number of hydrogen-bond donors (Lipinski definition) is 1. The molecule has 1 aromatic carbocycles. The topological polar surface area (TPSA) is 89.7 Å². The van der Waals surface area contributed by atoms with E-state index in [4.69, 9.17) is 10.5 Å². The van der Waals surface area contributed by atoms with Gasteiger partial charge in [0.25, 0.3) is 0 Å². The number of sulfone groups is 1. The summed E-state index contributed by atoms with van der Waals surface area (Å²) >= 11 is 0. The Bertz CT molecular complexity index is 684. The Hall–Kier alpha value is -1.31. The first kappa shape index (κ1) is 22.7. The molecule has 148 valence electrons. The maximum Gasteiger partial charge on any atom is 0.226 e. The molecular weight excluding hydrogens is 376 g/mol. The van der Waals surface area contributed by atoms with E-state index < -0.39 is 15.8 Å². The number of carbonyl (C=O) groups excluding carboxylic acids is 1. The Kier molecular flexibility index (Phi) is 8.37. The number of amides is 1. The summed E-state index contributed by atoms with van der Waals surface area (Å²) in [6, 6.07) is 6.38. The molecule has 0 aliphatic carbocycles. The van der Waals surface area contributed by atoms with Crippen LogP contribution in [0.2, 0.25) is 0 Å². The Morgan fingerprint density at radius 2 is 1.77 bits per heavy atom. The molecule has 0 bridgehead atoms. The standard InChI is InChI=1S/C18H28N2O4S.ClH/c1-13(18(21)20-10-8-15(9-11-20)14(2)19)12-25(22,23)17-6-4-16(24-3)5-7-17;/h4-7,13-15H,8-12,19H2,1-3H3;1H. The lowest BCUT2D eigenvalue weighted by molar-refractivity contribution is -0.135. The average molecular weight is 405 g/mol. The van der Waals surface area contributed by atoms with Gasteiger partial charge in [-0.1, -0.05) is 6.92 Å². The van der Waals surface area contributed by atoms with Gasteiger partial charge in [0.15, 0.2) is 9.84 Å². The fourth-order valence-corrected chi connectivity index (χ4v) is 4.78. The monoisotopic (exact) mass is 404 g/mol. The number of hydrogen-bond acceptors (Lipinski definition) is 5. The number of halogens is 1. The van der Waals surface area contributed by atoms with E-state index in [0.717, 1.165) is 12.8 Å². The number of piperidine rings is 1. The van der Waals surface area contributed by atoms with E-state index in [9.17, 15) is 13.2 Å². The van der Waals surface area contributed by atoms with Crippen LogP contribution in [0.4, 0.5) is 0 Å². The first-order valence-corrected chi connectivity index (χ1v) is 10.3. The molecule has 2 atom stereocenters. The van der Waals surface area contributed by atoms with Crippen LogP contribution in [0.1, 0.15) is 26.7 Å². The van der Waals surface area contributed by atoms with E-state index in [0.29, 0.717) is 24.8 Å². The third-order valence-electron chi connectivity index (χ3n) is 4.90. The van der Waals surface area contributed by atoms with Crippen molar-refractivity contribution >= 4 is 28.2 Å². The molecule has 0 spiro atoms. The van der Waals surface area contributed by atoms with Crippen molar-refractivity contribution in [3.8, 4) is 5.75 Å². The molecule has 0 radical (unpaired) electrons. The highest BCUT2D eigenvalue weighted by molar-refractivity contribution is 7.91. The number of nitrogens with two attached hydrogens (primary N) is 1. The summed E-state index contributed by atoms with van der Waals surface area (Å²) in [6.07, 6.45) is 1.75. The summed E-state index contributed by atoms with van der Waals surface area (Å²) < 4.78 is 30.1. The van der Waals surface area contributed by atoms with Gasteiger partial charge in [-0.05, 0) is 49.9 Å². The third-order valence-corrected chi connectivity index (χ3v) is 6.83. The lowest BCUT2D eigenvalue weighted by Gasteiger charge is -2.35. The largest absolute Gasteiger partial charge is 0.497 e. The van der Waals surface area contributed by atoms with Gasteiger partial charge in [-0.15, -0.1) is 12.4 Å². The molecule has 2 unspecified atom stereocenters. The highest BCUT2D eigenvalue weighted by Gasteiger charge is 2.30. The molecule has 1 fully saturated rings. The predicted molar refractivity (Wildman–Crippen MR) is 104 cm³/mol. The summed E-state index contributed by atoms with van der Waals surface area (Å²) in [5, 5.41) is 0. The highest BCUT2D eigenvalue weighted by Crippen LogP contribution is 2.23. The normalized spacial score (nSPS) is 17.9. The fourth-order valence-electron chi connectivity index (χ4n) is 3.24. The number of likely N-dealkylation sites (tertiary alicyclic amines) is 1. The van der Waals surface area contributed by atoms with Gasteiger partial charge in [0.1, 0.15) is 5.75 Å². The second kappa shape index (κ2) is 9.58. The molecule has 6 nitrogen and oxygen atoms in total. The Labute approximate surface area is 162 Å². The van der Waals surface area contributed by atoms with Crippen LogP contribution in [-0.4, -0.2) is 51.2 Å². The van der Waals surface area contributed by atoms with Crippen LogP contribution in [0.25, 0.3) is 0 Å². The van der Waals surface area contributed by atoms with Crippen LogP contribution in [0.3, 0.4) is 0 Å². The maximum atomic E-state index is 12.6. The zero-order chi connectivity index (χ0) is 18.6. The zero-order valence-electron chi connectivity index (χ0n) is 15.6. The van der Waals surface area contributed by atoms with Gasteiger partial charge >= 0.3 is 0 Å². The summed E-state index contributed by atoms with van der Waals surface area (Å²) in [6.45, 7) is 4.98. The lowest BCUT2D eigenvalue weighted by Crippen LogP contribution is -2.45. The Morgan fingerprint density at radius 3 is 2.23 bits per heavy atom. The summed E-state index contributed by atoms with van der Waals surface area (Å²) in [4.78, 5) is 14.6. The van der Waals surface area contributed by atoms with Crippen molar-refractivity contribution in [3.05, 3.63) is 24.3 Å². The third kappa shape index (κ3) is 5.59. The van der Waals surface area contributed by atoms with E-state index in [2.05, 4.69) is 0 Å². The minimum atomic E-state index is -3.52. The first-order chi connectivity index (χ1) is 11.7. The summed E-state index contributed by atoms with van der Waals surface area (Å²) in [5.74, 6) is 0.174. The molecule has 1 heterocycles. The van der Waals surface area contributed by atoms with Crippen molar-refractivity contribution in [1.82, 2.24) is 4.90 Å². The van der Waals surface area contributed by atoms with Gasteiger partial charge in [0, 0.05) is 25.0 Å². The molecule has 0 saturated carbocycles. The van der Waals surface area contributed by atoms with Crippen LogP contribution in [0.5, 0.6) is 5.75 Å². The first-order valence-electron chi connectivity index (χ1n) is 8.65. The maximum absolute atomic E-state index is 12.6. The molecule has 0 aromatic heterocycles. The second-order valence-corrected chi connectivity index (χ2v) is 8.91. The van der Waals surface area contributed by atoms with E-state index in [1.165, 1.54) is 19.2 Å². The van der Waals surface area contributed by atoms with Gasteiger partial charge in [0.2, 0.25) is 5.91 Å². The summed E-state index contributed by atoms with van der Waals surface area (Å²) in [5.41, 5.74) is 5.93. The number of benzene rings is 1. The van der Waals surface area contributed by atoms with Crippen molar-refractivity contribution in [1.29, 1.82) is 0 Å². The van der Waals surface area contributed by atoms with Gasteiger partial charge < -0.3 is 15.4 Å². The number of rotatable bonds is 6. The number of nitrogens with zero attached hydrogens (tertiary/aromatic N) is 1. The predicted octanol–water partition coefficient (Wildman–Crippen LogP) is 2.11. The molecule has 1 amide bonds. The molecule has 1 aromatic rings. The molecular formula is C18H29ClN2O4S. The van der Waals surface area contributed by atoms with Crippen molar-refractivity contribution in [3.63, 3.8) is 0 Å². The molecule has 1 aliphatic rings. The van der Waals surface area contributed by atoms with Gasteiger partial charge in [-0.3, -0.25) is 4.79 Å². The van der Waals surface area contributed by atoms with Crippen LogP contribution < -0.4 is 10.5 Å². The summed E-state index contributed by atoms with van der Waals surface area (Å²) in [7, 11) is -1.99. The van der Waals surface area contributed by atoms with E-state index in [1.807, 2.05) is 6.92 Å². The lowest BCUT2D eigenvalue weighted by atomic mass is 9.90.